The number of rotatable bonds is 4. The van der Waals surface area contributed by atoms with Crippen molar-refractivity contribution in [2.24, 2.45) is 0 Å². The van der Waals surface area contributed by atoms with Gasteiger partial charge in [0, 0.05) is 13.1 Å². The normalized spacial score (nSPS) is 9.11. The Morgan fingerprint density at radius 3 is 2.67 bits per heavy atom. The van der Waals surface area contributed by atoms with Crippen molar-refractivity contribution in [2.75, 3.05) is 25.9 Å². The first kappa shape index (κ1) is 8.78. The molecule has 0 atom stereocenters. The van der Waals surface area contributed by atoms with Gasteiger partial charge >= 0.3 is 0 Å². The molecule has 0 aromatic rings. The topological polar surface area (TPSA) is 41.1 Å². The van der Waals surface area contributed by atoms with Gasteiger partial charge in [0.1, 0.15) is 0 Å². The van der Waals surface area contributed by atoms with Gasteiger partial charge in [-0.25, -0.2) is 0 Å². The first-order chi connectivity index (χ1) is 4.31. The maximum Gasteiger partial charge on any atom is 0.229 e. The van der Waals surface area contributed by atoms with Crippen LogP contribution in [0, 0.1) is 0 Å². The summed E-state index contributed by atoms with van der Waals surface area (Å²) in [7, 11) is 1.84. The molecule has 2 N–H and O–H groups in total. The lowest BCUT2D eigenvalue weighted by molar-refractivity contribution is -0.118. The fraction of sp³-hybridized carbons (Fsp3) is 0.800. The van der Waals surface area contributed by atoms with Crippen LogP contribution in [0.5, 0.6) is 0 Å². The lowest BCUT2D eigenvalue weighted by Gasteiger charge is -2.00. The van der Waals surface area contributed by atoms with Gasteiger partial charge in [-0.2, -0.15) is 12.6 Å². The summed E-state index contributed by atoms with van der Waals surface area (Å²) in [6.45, 7) is 1.48. The molecule has 1 amide bonds. The van der Waals surface area contributed by atoms with Crippen LogP contribution >= 0.6 is 12.6 Å². The number of carbonyl (C=O) groups is 1. The second-order valence-corrected chi connectivity index (χ2v) is 1.93. The Morgan fingerprint density at radius 2 is 2.22 bits per heavy atom. The maximum absolute atomic E-state index is 10.5. The van der Waals surface area contributed by atoms with E-state index in [1.165, 1.54) is 0 Å². The highest BCUT2D eigenvalue weighted by Gasteiger charge is 1.92. The number of hydrogen-bond acceptors (Lipinski definition) is 3. The van der Waals surface area contributed by atoms with E-state index < -0.39 is 0 Å². The third-order valence-electron chi connectivity index (χ3n) is 0.841. The van der Waals surface area contributed by atoms with Gasteiger partial charge in [-0.15, -0.1) is 0 Å². The van der Waals surface area contributed by atoms with E-state index in [9.17, 15) is 4.79 Å². The molecule has 0 aliphatic rings. The zero-order valence-electron chi connectivity index (χ0n) is 5.48. The molecule has 0 aromatic carbocycles. The fourth-order valence-electron chi connectivity index (χ4n) is 0.383. The van der Waals surface area contributed by atoms with Gasteiger partial charge in [0.05, 0.1) is 5.75 Å². The lowest BCUT2D eigenvalue weighted by Crippen LogP contribution is -2.31. The van der Waals surface area contributed by atoms with Gasteiger partial charge in [-0.1, -0.05) is 0 Å². The van der Waals surface area contributed by atoms with Crippen LogP contribution in [0.15, 0.2) is 0 Å². The number of amides is 1. The van der Waals surface area contributed by atoms with Crippen molar-refractivity contribution in [3.63, 3.8) is 0 Å². The zero-order valence-corrected chi connectivity index (χ0v) is 6.37. The molecule has 9 heavy (non-hydrogen) atoms. The average Bonchev–Trinajstić information content (AvgIpc) is 1.89. The highest BCUT2D eigenvalue weighted by atomic mass is 32.1. The molecule has 0 fully saturated rings. The largest absolute Gasteiger partial charge is 0.354 e. The van der Waals surface area contributed by atoms with Gasteiger partial charge in [0.25, 0.3) is 0 Å². The van der Waals surface area contributed by atoms with E-state index in [0.717, 1.165) is 6.54 Å². The zero-order chi connectivity index (χ0) is 7.11. The molecule has 3 nitrogen and oxygen atoms in total. The second-order valence-electron chi connectivity index (χ2n) is 1.61. The minimum atomic E-state index is -0.0198. The second kappa shape index (κ2) is 5.91. The van der Waals surface area contributed by atoms with Crippen LogP contribution in [-0.2, 0) is 4.79 Å². The Bertz CT molecular complexity index is 87.0. The summed E-state index contributed by atoms with van der Waals surface area (Å²) in [5.41, 5.74) is 0. The monoisotopic (exact) mass is 148 g/mol. The van der Waals surface area contributed by atoms with Crippen molar-refractivity contribution in [1.82, 2.24) is 10.6 Å². The van der Waals surface area contributed by atoms with E-state index in [0.29, 0.717) is 6.54 Å². The van der Waals surface area contributed by atoms with Crippen LogP contribution in [0.2, 0.25) is 0 Å². The van der Waals surface area contributed by atoms with Crippen molar-refractivity contribution in [2.45, 2.75) is 0 Å². The van der Waals surface area contributed by atoms with Gasteiger partial charge in [0.2, 0.25) is 5.91 Å². The highest BCUT2D eigenvalue weighted by Crippen LogP contribution is 1.70. The van der Waals surface area contributed by atoms with E-state index in [1.54, 1.807) is 0 Å². The average molecular weight is 148 g/mol. The molecular weight excluding hydrogens is 136 g/mol. The van der Waals surface area contributed by atoms with Crippen LogP contribution in [0.3, 0.4) is 0 Å². The van der Waals surface area contributed by atoms with Crippen molar-refractivity contribution in [3.05, 3.63) is 0 Å². The minimum absolute atomic E-state index is 0.0198. The summed E-state index contributed by atoms with van der Waals surface area (Å²) in [4.78, 5) is 10.5. The molecule has 0 aliphatic heterocycles. The molecule has 0 radical (unpaired) electrons. The summed E-state index contributed by atoms with van der Waals surface area (Å²) < 4.78 is 0. The Morgan fingerprint density at radius 1 is 1.56 bits per heavy atom. The van der Waals surface area contributed by atoms with E-state index >= 15 is 0 Å². The Labute approximate surface area is 60.6 Å². The molecule has 0 unspecified atom stereocenters. The minimum Gasteiger partial charge on any atom is -0.354 e. The number of likely N-dealkylation sites (N-methyl/N-ethyl adjacent to an activating group) is 1. The Balaban J connectivity index is 2.97. The van der Waals surface area contributed by atoms with Crippen molar-refractivity contribution >= 4 is 18.5 Å². The molecule has 0 saturated heterocycles. The highest BCUT2D eigenvalue weighted by molar-refractivity contribution is 7.81. The number of nitrogens with one attached hydrogen (secondary N) is 2. The van der Waals surface area contributed by atoms with Gasteiger partial charge in [-0.3, -0.25) is 4.79 Å². The molecule has 4 heteroatoms. The Kier molecular flexibility index (Phi) is 5.76. The van der Waals surface area contributed by atoms with Crippen LogP contribution in [-0.4, -0.2) is 31.8 Å². The first-order valence-electron chi connectivity index (χ1n) is 2.83. The van der Waals surface area contributed by atoms with Crippen LogP contribution in [0.1, 0.15) is 0 Å². The van der Waals surface area contributed by atoms with Crippen molar-refractivity contribution in [3.8, 4) is 0 Å². The molecule has 0 heterocycles. The predicted molar refractivity (Wildman–Crippen MR) is 40.8 cm³/mol. The van der Waals surface area contributed by atoms with Crippen molar-refractivity contribution < 1.29 is 4.79 Å². The first-order valence-corrected chi connectivity index (χ1v) is 3.46. The maximum atomic E-state index is 10.5. The van der Waals surface area contributed by atoms with Crippen molar-refractivity contribution in [1.29, 1.82) is 0 Å². The van der Waals surface area contributed by atoms with E-state index in [4.69, 9.17) is 0 Å². The quantitative estimate of drug-likeness (QED) is 0.363. The summed E-state index contributed by atoms with van der Waals surface area (Å²) in [6.07, 6.45) is 0. The molecule has 0 rings (SSSR count). The molecular formula is C5H12N2OS. The van der Waals surface area contributed by atoms with E-state index in [-0.39, 0.29) is 11.7 Å². The smallest absolute Gasteiger partial charge is 0.229 e. The van der Waals surface area contributed by atoms with Crippen LogP contribution < -0.4 is 10.6 Å². The SMILES string of the molecule is CNCCNC(=O)CS. The van der Waals surface area contributed by atoms with Crippen LogP contribution in [0.4, 0.5) is 0 Å². The standard InChI is InChI=1S/C5H12N2OS/c1-6-2-3-7-5(8)4-9/h6,9H,2-4H2,1H3,(H,7,8). The summed E-state index contributed by atoms with van der Waals surface area (Å²) in [5, 5.41) is 5.56. The molecule has 54 valence electrons. The fourth-order valence-corrected chi connectivity index (χ4v) is 0.495. The predicted octanol–water partition coefficient (Wildman–Crippen LogP) is -0.748. The number of carbonyl (C=O) groups excluding carboxylic acids is 1. The number of thiol groups is 1. The van der Waals surface area contributed by atoms with E-state index in [1.807, 2.05) is 7.05 Å². The third-order valence-corrected chi connectivity index (χ3v) is 1.13. The molecule has 0 bridgehead atoms. The summed E-state index contributed by atoms with van der Waals surface area (Å²) in [5.74, 6) is 0.248. The van der Waals surface area contributed by atoms with E-state index in [2.05, 4.69) is 23.3 Å². The molecule has 0 spiro atoms. The lowest BCUT2D eigenvalue weighted by atomic mass is 10.6. The summed E-state index contributed by atoms with van der Waals surface area (Å²) in [6, 6.07) is 0. The molecule has 0 aliphatic carbocycles. The third kappa shape index (κ3) is 5.65. The van der Waals surface area contributed by atoms with Crippen LogP contribution in [0.25, 0.3) is 0 Å². The Hall–Kier alpha value is -0.220. The van der Waals surface area contributed by atoms with Gasteiger partial charge in [0.15, 0.2) is 0 Å². The van der Waals surface area contributed by atoms with Gasteiger partial charge in [-0.05, 0) is 7.05 Å². The van der Waals surface area contributed by atoms with Gasteiger partial charge < -0.3 is 10.6 Å². The molecule has 0 saturated carbocycles. The molecule has 0 aromatic heterocycles. The summed E-state index contributed by atoms with van der Waals surface area (Å²) >= 11 is 3.79. The number of hydrogen-bond donors (Lipinski definition) is 3.